The van der Waals surface area contributed by atoms with Gasteiger partial charge in [-0.3, -0.25) is 0 Å². The van der Waals surface area contributed by atoms with Gasteiger partial charge in [-0.2, -0.15) is 0 Å². The second kappa shape index (κ2) is 3.62. The van der Waals surface area contributed by atoms with Gasteiger partial charge in [0.15, 0.2) is 0 Å². The summed E-state index contributed by atoms with van der Waals surface area (Å²) in [5.41, 5.74) is 1.01. The average Bonchev–Trinajstić information content (AvgIpc) is 2.12. The quantitative estimate of drug-likeness (QED) is 0.750. The van der Waals surface area contributed by atoms with Crippen molar-refractivity contribution in [3.8, 4) is 5.88 Å². The summed E-state index contributed by atoms with van der Waals surface area (Å²) >= 11 is 0. The number of nitrogens with zero attached hydrogens (tertiary/aromatic N) is 1. The van der Waals surface area contributed by atoms with Crippen LogP contribution in [0.3, 0.4) is 0 Å². The number of nitrogens with one attached hydrogen (secondary N) is 1. The van der Waals surface area contributed by atoms with E-state index in [9.17, 15) is 0 Å². The van der Waals surface area contributed by atoms with Gasteiger partial charge in [-0.15, -0.1) is 0 Å². The number of hydrogen-bond donors (Lipinski definition) is 1. The molecule has 1 aliphatic rings. The summed E-state index contributed by atoms with van der Waals surface area (Å²) in [6, 6.07) is 4.22. The van der Waals surface area contributed by atoms with Crippen LogP contribution in [0.4, 0.5) is 5.69 Å². The summed E-state index contributed by atoms with van der Waals surface area (Å²) in [4.78, 5) is 4.08. The SMILES string of the molecule is COc1ccc(NC2COC2)cn1. The van der Waals surface area contributed by atoms with Gasteiger partial charge in [-0.05, 0) is 6.07 Å². The summed E-state index contributed by atoms with van der Waals surface area (Å²) in [5, 5.41) is 3.29. The Bertz CT molecular complexity index is 269. The molecule has 1 aliphatic heterocycles. The molecule has 4 nitrogen and oxygen atoms in total. The van der Waals surface area contributed by atoms with Gasteiger partial charge in [-0.25, -0.2) is 4.98 Å². The number of ether oxygens (including phenoxy) is 2. The maximum atomic E-state index is 5.04. The predicted octanol–water partition coefficient (Wildman–Crippen LogP) is 0.901. The molecular weight excluding hydrogens is 168 g/mol. The van der Waals surface area contributed by atoms with Crippen molar-refractivity contribution in [2.75, 3.05) is 25.6 Å². The highest BCUT2D eigenvalue weighted by atomic mass is 16.5. The maximum Gasteiger partial charge on any atom is 0.213 e. The number of pyridine rings is 1. The van der Waals surface area contributed by atoms with Gasteiger partial charge in [0.05, 0.1) is 38.2 Å². The standard InChI is InChI=1S/C9H12N2O2/c1-12-9-3-2-7(4-10-9)11-8-5-13-6-8/h2-4,8,11H,5-6H2,1H3. The molecule has 70 valence electrons. The third-order valence-corrected chi connectivity index (χ3v) is 1.95. The summed E-state index contributed by atoms with van der Waals surface area (Å²) in [6.07, 6.45) is 1.76. The highest BCUT2D eigenvalue weighted by Gasteiger charge is 2.17. The largest absolute Gasteiger partial charge is 0.481 e. The van der Waals surface area contributed by atoms with Crippen LogP contribution in [-0.4, -0.2) is 31.3 Å². The van der Waals surface area contributed by atoms with Crippen LogP contribution >= 0.6 is 0 Å². The van der Waals surface area contributed by atoms with Gasteiger partial charge in [0.25, 0.3) is 0 Å². The molecule has 13 heavy (non-hydrogen) atoms. The van der Waals surface area contributed by atoms with Gasteiger partial charge in [-0.1, -0.05) is 0 Å². The van der Waals surface area contributed by atoms with Crippen LogP contribution in [0.15, 0.2) is 18.3 Å². The molecule has 0 amide bonds. The summed E-state index contributed by atoms with van der Waals surface area (Å²) < 4.78 is 10.00. The van der Waals surface area contributed by atoms with Crippen LogP contribution in [0, 0.1) is 0 Å². The predicted molar refractivity (Wildman–Crippen MR) is 49.0 cm³/mol. The van der Waals surface area contributed by atoms with E-state index in [0.717, 1.165) is 18.9 Å². The number of aromatic nitrogens is 1. The van der Waals surface area contributed by atoms with E-state index in [1.54, 1.807) is 13.3 Å². The molecule has 0 saturated carbocycles. The van der Waals surface area contributed by atoms with Gasteiger partial charge >= 0.3 is 0 Å². The fourth-order valence-corrected chi connectivity index (χ4v) is 1.14. The number of hydrogen-bond acceptors (Lipinski definition) is 4. The zero-order valence-electron chi connectivity index (χ0n) is 7.49. The van der Waals surface area contributed by atoms with Crippen LogP contribution < -0.4 is 10.1 Å². The second-order valence-corrected chi connectivity index (χ2v) is 2.97. The molecule has 1 N–H and O–H groups in total. The fraction of sp³-hybridized carbons (Fsp3) is 0.444. The molecule has 1 fully saturated rings. The van der Waals surface area contributed by atoms with Gasteiger partial charge in [0, 0.05) is 6.07 Å². The molecule has 0 bridgehead atoms. The van der Waals surface area contributed by atoms with Crippen LogP contribution in [0.5, 0.6) is 5.88 Å². The molecule has 0 radical (unpaired) electrons. The second-order valence-electron chi connectivity index (χ2n) is 2.97. The van der Waals surface area contributed by atoms with Crippen molar-refractivity contribution in [2.45, 2.75) is 6.04 Å². The van der Waals surface area contributed by atoms with E-state index in [-0.39, 0.29) is 0 Å². The minimum Gasteiger partial charge on any atom is -0.481 e. The molecule has 1 saturated heterocycles. The number of anilines is 1. The molecule has 0 aliphatic carbocycles. The lowest BCUT2D eigenvalue weighted by atomic mass is 10.2. The van der Waals surface area contributed by atoms with Gasteiger partial charge in [0.2, 0.25) is 5.88 Å². The first kappa shape index (κ1) is 8.31. The fourth-order valence-electron chi connectivity index (χ4n) is 1.14. The van der Waals surface area contributed by atoms with Crippen molar-refractivity contribution < 1.29 is 9.47 Å². The normalized spacial score (nSPS) is 16.4. The maximum absolute atomic E-state index is 5.04. The highest BCUT2D eigenvalue weighted by Crippen LogP contribution is 2.14. The Labute approximate surface area is 76.9 Å². The summed E-state index contributed by atoms with van der Waals surface area (Å²) in [7, 11) is 1.61. The number of rotatable bonds is 3. The van der Waals surface area contributed by atoms with Crippen molar-refractivity contribution >= 4 is 5.69 Å². The lowest BCUT2D eigenvalue weighted by Gasteiger charge is -2.27. The van der Waals surface area contributed by atoms with Gasteiger partial charge in [0.1, 0.15) is 0 Å². The van der Waals surface area contributed by atoms with Crippen molar-refractivity contribution in [1.29, 1.82) is 0 Å². The van der Waals surface area contributed by atoms with E-state index in [2.05, 4.69) is 10.3 Å². The minimum absolute atomic E-state index is 0.440. The molecule has 0 spiro atoms. The molecule has 1 aromatic rings. The smallest absolute Gasteiger partial charge is 0.213 e. The summed E-state index contributed by atoms with van der Waals surface area (Å²) in [6.45, 7) is 1.57. The topological polar surface area (TPSA) is 43.4 Å². The Morgan fingerprint density at radius 3 is 2.85 bits per heavy atom. The van der Waals surface area contributed by atoms with E-state index in [0.29, 0.717) is 11.9 Å². The van der Waals surface area contributed by atoms with E-state index in [1.807, 2.05) is 12.1 Å². The Kier molecular flexibility index (Phi) is 2.31. The van der Waals surface area contributed by atoms with Gasteiger partial charge < -0.3 is 14.8 Å². The zero-order valence-corrected chi connectivity index (χ0v) is 7.49. The third kappa shape index (κ3) is 1.89. The Morgan fingerprint density at radius 1 is 1.54 bits per heavy atom. The average molecular weight is 180 g/mol. The molecule has 4 heteroatoms. The molecule has 1 aromatic heterocycles. The minimum atomic E-state index is 0.440. The lowest BCUT2D eigenvalue weighted by Crippen LogP contribution is -2.40. The van der Waals surface area contributed by atoms with E-state index in [1.165, 1.54) is 0 Å². The Morgan fingerprint density at radius 2 is 2.38 bits per heavy atom. The van der Waals surface area contributed by atoms with E-state index < -0.39 is 0 Å². The van der Waals surface area contributed by atoms with Crippen LogP contribution in [0.25, 0.3) is 0 Å². The van der Waals surface area contributed by atoms with Crippen LogP contribution in [0.1, 0.15) is 0 Å². The first-order valence-electron chi connectivity index (χ1n) is 4.23. The lowest BCUT2D eigenvalue weighted by molar-refractivity contribution is 0.0211. The number of methoxy groups -OCH3 is 1. The molecule has 0 unspecified atom stereocenters. The molecule has 2 rings (SSSR count). The molecular formula is C9H12N2O2. The van der Waals surface area contributed by atoms with Crippen LogP contribution in [-0.2, 0) is 4.74 Å². The van der Waals surface area contributed by atoms with Crippen molar-refractivity contribution in [2.24, 2.45) is 0 Å². The monoisotopic (exact) mass is 180 g/mol. The van der Waals surface area contributed by atoms with Crippen LogP contribution in [0.2, 0.25) is 0 Å². The Balaban J connectivity index is 1.96. The molecule has 2 heterocycles. The van der Waals surface area contributed by atoms with Crippen molar-refractivity contribution in [1.82, 2.24) is 4.98 Å². The summed E-state index contributed by atoms with van der Waals surface area (Å²) in [5.74, 6) is 0.635. The molecule has 0 aromatic carbocycles. The molecule has 0 atom stereocenters. The van der Waals surface area contributed by atoms with E-state index in [4.69, 9.17) is 9.47 Å². The highest BCUT2D eigenvalue weighted by molar-refractivity contribution is 5.43. The van der Waals surface area contributed by atoms with E-state index >= 15 is 0 Å². The Hall–Kier alpha value is -1.29. The third-order valence-electron chi connectivity index (χ3n) is 1.95. The zero-order chi connectivity index (χ0) is 9.10. The van der Waals surface area contributed by atoms with Crippen molar-refractivity contribution in [3.63, 3.8) is 0 Å². The van der Waals surface area contributed by atoms with Crippen molar-refractivity contribution in [3.05, 3.63) is 18.3 Å². The first-order chi connectivity index (χ1) is 6.38. The first-order valence-corrected chi connectivity index (χ1v) is 4.23.